The Bertz CT molecular complexity index is 474. The zero-order chi connectivity index (χ0) is 19.8. The van der Waals surface area contributed by atoms with Crippen molar-refractivity contribution in [2.24, 2.45) is 0 Å². The molecular formula is C28H42. The summed E-state index contributed by atoms with van der Waals surface area (Å²) < 4.78 is 0. The summed E-state index contributed by atoms with van der Waals surface area (Å²) in [6, 6.07) is 0. The Morgan fingerprint density at radius 2 is 0.429 bits per heavy atom. The van der Waals surface area contributed by atoms with Gasteiger partial charge in [-0.25, -0.2) is 0 Å². The number of rotatable bonds is 0. The Balaban J connectivity index is 2.31. The molecule has 1 aliphatic rings. The molecule has 1 aliphatic carbocycles. The number of hydrogen-bond acceptors (Lipinski definition) is 0. The molecular weight excluding hydrogens is 336 g/mol. The van der Waals surface area contributed by atoms with Gasteiger partial charge in [0, 0.05) is 0 Å². The maximum Gasteiger partial charge on any atom is -0.0348 e. The van der Waals surface area contributed by atoms with Crippen molar-refractivity contribution in [3.8, 4) is 0 Å². The molecule has 0 atom stereocenters. The fourth-order valence-electron chi connectivity index (χ4n) is 3.28. The molecule has 0 aliphatic heterocycles. The van der Waals surface area contributed by atoms with Crippen molar-refractivity contribution in [2.45, 2.75) is 89.9 Å². The van der Waals surface area contributed by atoms with Crippen LogP contribution in [-0.4, -0.2) is 0 Å². The van der Waals surface area contributed by atoms with Crippen molar-refractivity contribution in [1.82, 2.24) is 0 Å². The second-order valence-electron chi connectivity index (χ2n) is 7.60. The van der Waals surface area contributed by atoms with E-state index in [1.54, 1.807) is 0 Å². The smallest absolute Gasteiger partial charge is 0.0348 e. The second-order valence-corrected chi connectivity index (χ2v) is 7.60. The first-order valence-corrected chi connectivity index (χ1v) is 11.6. The van der Waals surface area contributed by atoms with Crippen LogP contribution in [0.1, 0.15) is 89.9 Å². The Hall–Kier alpha value is -1.82. The predicted octanol–water partition coefficient (Wildman–Crippen LogP) is 9.35. The average molecular weight is 379 g/mol. The molecule has 28 heavy (non-hydrogen) atoms. The summed E-state index contributed by atoms with van der Waals surface area (Å²) in [4.78, 5) is 0. The standard InChI is InChI=1S/C28H42/c1-2-4-6-8-10-12-14-16-18-20-22-24-26-28-27-25-23-21-19-17-15-13-11-9-7-5-3-1/h1-14H,15-28H2. The molecule has 0 heterocycles. The number of hydrogen-bond donors (Lipinski definition) is 0. The minimum atomic E-state index is 1.21. The first-order chi connectivity index (χ1) is 14.0. The Labute approximate surface area is 175 Å². The van der Waals surface area contributed by atoms with Gasteiger partial charge in [0.25, 0.3) is 0 Å². The average Bonchev–Trinajstić information content (AvgIpc) is 2.71. The largest absolute Gasteiger partial charge is 0.0845 e. The minimum absolute atomic E-state index is 1.21. The Morgan fingerprint density at radius 1 is 0.214 bits per heavy atom. The van der Waals surface area contributed by atoms with Gasteiger partial charge >= 0.3 is 0 Å². The van der Waals surface area contributed by atoms with Gasteiger partial charge in [0.1, 0.15) is 0 Å². The highest BCUT2D eigenvalue weighted by Crippen LogP contribution is 2.13. The molecule has 0 heteroatoms. The van der Waals surface area contributed by atoms with Crippen LogP contribution < -0.4 is 0 Å². The lowest BCUT2D eigenvalue weighted by atomic mass is 10.0. The van der Waals surface area contributed by atoms with E-state index in [4.69, 9.17) is 0 Å². The maximum absolute atomic E-state index is 2.29. The zero-order valence-corrected chi connectivity index (χ0v) is 18.0. The van der Waals surface area contributed by atoms with Crippen LogP contribution in [0.4, 0.5) is 0 Å². The van der Waals surface area contributed by atoms with Gasteiger partial charge in [-0.15, -0.1) is 0 Å². The molecule has 0 bridgehead atoms. The van der Waals surface area contributed by atoms with Crippen molar-refractivity contribution in [1.29, 1.82) is 0 Å². The van der Waals surface area contributed by atoms with E-state index in [1.807, 2.05) is 0 Å². The van der Waals surface area contributed by atoms with E-state index < -0.39 is 0 Å². The van der Waals surface area contributed by atoms with E-state index in [0.717, 1.165) is 0 Å². The summed E-state index contributed by atoms with van der Waals surface area (Å²) in [5, 5.41) is 0. The first kappa shape index (κ1) is 24.2. The van der Waals surface area contributed by atoms with Gasteiger partial charge < -0.3 is 0 Å². The van der Waals surface area contributed by atoms with E-state index >= 15 is 0 Å². The number of allylic oxidation sites excluding steroid dienone is 14. The van der Waals surface area contributed by atoms with Crippen LogP contribution in [0.25, 0.3) is 0 Å². The molecule has 0 aromatic rings. The molecule has 0 amide bonds. The van der Waals surface area contributed by atoms with Crippen molar-refractivity contribution >= 4 is 0 Å². The highest BCUT2D eigenvalue weighted by atomic mass is 14.0. The van der Waals surface area contributed by atoms with Crippen LogP contribution in [0.15, 0.2) is 85.1 Å². The molecule has 0 nitrogen and oxygen atoms in total. The van der Waals surface area contributed by atoms with Gasteiger partial charge in [-0.05, 0) is 25.7 Å². The van der Waals surface area contributed by atoms with Gasteiger partial charge in [-0.2, -0.15) is 0 Å². The van der Waals surface area contributed by atoms with Crippen LogP contribution in [0.5, 0.6) is 0 Å². The molecule has 0 aromatic carbocycles. The summed E-state index contributed by atoms with van der Waals surface area (Å²) >= 11 is 0. The Morgan fingerprint density at radius 3 is 0.714 bits per heavy atom. The lowest BCUT2D eigenvalue weighted by molar-refractivity contribution is 0.542. The topological polar surface area (TPSA) is 0 Å². The van der Waals surface area contributed by atoms with E-state index in [0.29, 0.717) is 0 Å². The fraction of sp³-hybridized carbons (Fsp3) is 0.500. The summed E-state index contributed by atoms with van der Waals surface area (Å²) in [5.41, 5.74) is 0. The molecule has 0 unspecified atom stereocenters. The fourth-order valence-corrected chi connectivity index (χ4v) is 3.28. The Kier molecular flexibility index (Phi) is 18.6. The normalized spacial score (nSPS) is 20.0. The van der Waals surface area contributed by atoms with Gasteiger partial charge in [-0.1, -0.05) is 149 Å². The molecule has 0 radical (unpaired) electrons. The maximum atomic E-state index is 2.29. The van der Waals surface area contributed by atoms with Gasteiger partial charge in [-0.3, -0.25) is 0 Å². The van der Waals surface area contributed by atoms with E-state index in [2.05, 4.69) is 85.1 Å². The molecule has 154 valence electrons. The van der Waals surface area contributed by atoms with E-state index in [-0.39, 0.29) is 0 Å². The summed E-state index contributed by atoms with van der Waals surface area (Å²) in [7, 11) is 0. The summed E-state index contributed by atoms with van der Waals surface area (Å²) in [6.07, 6.45) is 49.0. The van der Waals surface area contributed by atoms with E-state index in [9.17, 15) is 0 Å². The van der Waals surface area contributed by atoms with Crippen LogP contribution in [0, 0.1) is 0 Å². The monoisotopic (exact) mass is 378 g/mol. The summed E-state index contributed by atoms with van der Waals surface area (Å²) in [6.45, 7) is 0. The van der Waals surface area contributed by atoms with Gasteiger partial charge in [0.05, 0.1) is 0 Å². The van der Waals surface area contributed by atoms with Crippen molar-refractivity contribution < 1.29 is 0 Å². The predicted molar refractivity (Wildman–Crippen MR) is 129 cm³/mol. The minimum Gasteiger partial charge on any atom is -0.0845 e. The third-order valence-corrected chi connectivity index (χ3v) is 4.99. The molecule has 0 fully saturated rings. The highest BCUT2D eigenvalue weighted by Gasteiger charge is 1.93. The van der Waals surface area contributed by atoms with Crippen molar-refractivity contribution in [3.05, 3.63) is 85.1 Å². The lowest BCUT2D eigenvalue weighted by Crippen LogP contribution is -1.82. The zero-order valence-electron chi connectivity index (χ0n) is 18.0. The molecule has 0 saturated carbocycles. The third-order valence-electron chi connectivity index (χ3n) is 4.99. The van der Waals surface area contributed by atoms with Crippen molar-refractivity contribution in [2.75, 3.05) is 0 Å². The van der Waals surface area contributed by atoms with Crippen LogP contribution in [-0.2, 0) is 0 Å². The van der Waals surface area contributed by atoms with Crippen molar-refractivity contribution in [3.63, 3.8) is 0 Å². The highest BCUT2D eigenvalue weighted by molar-refractivity contribution is 5.20. The summed E-state index contributed by atoms with van der Waals surface area (Å²) in [5.74, 6) is 0. The molecule has 0 spiro atoms. The van der Waals surface area contributed by atoms with Crippen LogP contribution in [0.2, 0.25) is 0 Å². The quantitative estimate of drug-likeness (QED) is 0.394. The van der Waals surface area contributed by atoms with Crippen LogP contribution in [0.3, 0.4) is 0 Å². The molecule has 0 aromatic heterocycles. The third kappa shape index (κ3) is 19.0. The SMILES string of the molecule is C1=CC=CC=CC=CCCCCCCCCCCCCCCC=CC=CC=C1. The van der Waals surface area contributed by atoms with E-state index in [1.165, 1.54) is 89.9 Å². The molecule has 1 rings (SSSR count). The lowest BCUT2D eigenvalue weighted by Gasteiger charge is -2.02. The second kappa shape index (κ2) is 21.5. The first-order valence-electron chi connectivity index (χ1n) is 11.6. The molecule has 0 N–H and O–H groups in total. The molecule has 0 saturated heterocycles. The van der Waals surface area contributed by atoms with Gasteiger partial charge in [0.2, 0.25) is 0 Å². The van der Waals surface area contributed by atoms with Gasteiger partial charge in [0.15, 0.2) is 0 Å². The van der Waals surface area contributed by atoms with Crippen LogP contribution >= 0.6 is 0 Å².